The van der Waals surface area contributed by atoms with Crippen LogP contribution in [-0.4, -0.2) is 17.1 Å². The first-order chi connectivity index (χ1) is 11.4. The fourth-order valence-corrected chi connectivity index (χ4v) is 2.28. The van der Waals surface area contributed by atoms with Gasteiger partial charge in [0.15, 0.2) is 0 Å². The molecule has 0 saturated carbocycles. The van der Waals surface area contributed by atoms with Gasteiger partial charge in [-0.1, -0.05) is 30.3 Å². The summed E-state index contributed by atoms with van der Waals surface area (Å²) in [5, 5.41) is 4.46. The number of hydrogen-bond donors (Lipinski definition) is 2. The zero-order chi connectivity index (χ0) is 17.2. The maximum atomic E-state index is 12.6. The molecule has 0 bridgehead atoms. The van der Waals surface area contributed by atoms with Crippen molar-refractivity contribution in [3.8, 4) is 0 Å². The second-order valence-electron chi connectivity index (χ2n) is 5.07. The number of hydrogen-bond acceptors (Lipinski definition) is 2. The number of hydrazone groups is 1. The number of para-hydroxylation sites is 1. The summed E-state index contributed by atoms with van der Waals surface area (Å²) in [6.07, 6.45) is -1.70. The van der Waals surface area contributed by atoms with Crippen LogP contribution in [0.4, 0.5) is 13.2 Å². The molecule has 0 radical (unpaired) electrons. The number of benzene rings is 2. The summed E-state index contributed by atoms with van der Waals surface area (Å²) in [4.78, 5) is 15.1. The molecule has 0 spiro atoms. The minimum absolute atomic E-state index is 0.240. The van der Waals surface area contributed by atoms with E-state index in [4.69, 9.17) is 0 Å². The number of nitrogens with zero attached hydrogens (tertiary/aromatic N) is 1. The summed E-state index contributed by atoms with van der Waals surface area (Å²) >= 11 is 0. The molecule has 0 atom stereocenters. The van der Waals surface area contributed by atoms with E-state index in [2.05, 4.69) is 15.5 Å². The minimum Gasteiger partial charge on any atom is -0.360 e. The number of amides is 1. The van der Waals surface area contributed by atoms with Gasteiger partial charge >= 0.3 is 6.18 Å². The SMILES string of the molecule is O=C(N/N=C/c1cccc(C(F)(F)F)c1)c1c[nH]c2ccccc12. The van der Waals surface area contributed by atoms with E-state index >= 15 is 0 Å². The van der Waals surface area contributed by atoms with Crippen LogP contribution in [0.5, 0.6) is 0 Å². The van der Waals surface area contributed by atoms with Crippen molar-refractivity contribution in [2.75, 3.05) is 0 Å². The van der Waals surface area contributed by atoms with Gasteiger partial charge in [0, 0.05) is 17.1 Å². The lowest BCUT2D eigenvalue weighted by atomic mass is 10.1. The number of nitrogens with one attached hydrogen (secondary N) is 2. The Hall–Kier alpha value is -3.09. The molecule has 0 saturated heterocycles. The third-order valence-corrected chi connectivity index (χ3v) is 3.43. The fraction of sp³-hybridized carbons (Fsp3) is 0.0588. The number of halogens is 3. The topological polar surface area (TPSA) is 57.2 Å². The van der Waals surface area contributed by atoms with Crippen LogP contribution >= 0.6 is 0 Å². The molecule has 3 aromatic rings. The highest BCUT2D eigenvalue weighted by molar-refractivity contribution is 6.06. The van der Waals surface area contributed by atoms with E-state index in [9.17, 15) is 18.0 Å². The number of aromatic amines is 1. The third-order valence-electron chi connectivity index (χ3n) is 3.43. The van der Waals surface area contributed by atoms with Gasteiger partial charge in [0.2, 0.25) is 0 Å². The first-order valence-corrected chi connectivity index (χ1v) is 7.02. The van der Waals surface area contributed by atoms with Crippen molar-refractivity contribution >= 4 is 23.0 Å². The van der Waals surface area contributed by atoms with Crippen LogP contribution in [0.3, 0.4) is 0 Å². The number of H-pyrrole nitrogens is 1. The molecule has 7 heteroatoms. The van der Waals surface area contributed by atoms with E-state index in [1.807, 2.05) is 12.1 Å². The molecule has 0 aliphatic rings. The van der Waals surface area contributed by atoms with Gasteiger partial charge in [-0.05, 0) is 23.8 Å². The normalized spacial score (nSPS) is 12.0. The van der Waals surface area contributed by atoms with E-state index < -0.39 is 17.6 Å². The Morgan fingerprint density at radius 3 is 2.71 bits per heavy atom. The summed E-state index contributed by atoms with van der Waals surface area (Å²) in [6, 6.07) is 12.0. The Bertz CT molecular complexity index is 913. The van der Waals surface area contributed by atoms with Crippen LogP contribution in [0.25, 0.3) is 10.9 Å². The number of alkyl halides is 3. The average Bonchev–Trinajstić information content (AvgIpc) is 2.98. The molecule has 0 aliphatic carbocycles. The minimum atomic E-state index is -4.42. The van der Waals surface area contributed by atoms with Gasteiger partial charge in [0.25, 0.3) is 5.91 Å². The van der Waals surface area contributed by atoms with Crippen molar-refractivity contribution in [2.45, 2.75) is 6.18 Å². The highest BCUT2D eigenvalue weighted by atomic mass is 19.4. The van der Waals surface area contributed by atoms with E-state index in [-0.39, 0.29) is 5.56 Å². The van der Waals surface area contributed by atoms with Crippen LogP contribution in [0.1, 0.15) is 21.5 Å². The zero-order valence-corrected chi connectivity index (χ0v) is 12.3. The lowest BCUT2D eigenvalue weighted by molar-refractivity contribution is -0.137. The Morgan fingerprint density at radius 1 is 1.12 bits per heavy atom. The van der Waals surface area contributed by atoms with Crippen LogP contribution in [0, 0.1) is 0 Å². The van der Waals surface area contributed by atoms with Gasteiger partial charge in [-0.25, -0.2) is 5.43 Å². The molecule has 122 valence electrons. The maximum Gasteiger partial charge on any atom is 0.416 e. The maximum absolute atomic E-state index is 12.6. The number of rotatable bonds is 3. The molecule has 0 unspecified atom stereocenters. The van der Waals surface area contributed by atoms with Gasteiger partial charge in [-0.3, -0.25) is 4.79 Å². The largest absolute Gasteiger partial charge is 0.416 e. The lowest BCUT2D eigenvalue weighted by Crippen LogP contribution is -2.17. The van der Waals surface area contributed by atoms with Crippen molar-refractivity contribution in [1.29, 1.82) is 0 Å². The quantitative estimate of drug-likeness (QED) is 0.554. The van der Waals surface area contributed by atoms with Crippen molar-refractivity contribution in [3.63, 3.8) is 0 Å². The smallest absolute Gasteiger partial charge is 0.360 e. The highest BCUT2D eigenvalue weighted by Gasteiger charge is 2.30. The van der Waals surface area contributed by atoms with E-state index in [0.717, 1.165) is 23.0 Å². The van der Waals surface area contributed by atoms with Gasteiger partial charge in [-0.2, -0.15) is 18.3 Å². The molecule has 24 heavy (non-hydrogen) atoms. The lowest BCUT2D eigenvalue weighted by Gasteiger charge is -2.06. The Labute approximate surface area is 135 Å². The molecule has 2 N–H and O–H groups in total. The van der Waals surface area contributed by atoms with Gasteiger partial charge in [-0.15, -0.1) is 0 Å². The summed E-state index contributed by atoms with van der Waals surface area (Å²) in [6.45, 7) is 0. The highest BCUT2D eigenvalue weighted by Crippen LogP contribution is 2.29. The molecular formula is C17H12F3N3O. The molecule has 1 amide bonds. The first-order valence-electron chi connectivity index (χ1n) is 7.02. The first kappa shape index (κ1) is 15.8. The van der Waals surface area contributed by atoms with E-state index in [1.54, 1.807) is 18.3 Å². The van der Waals surface area contributed by atoms with Crippen LogP contribution in [0.15, 0.2) is 59.8 Å². The summed E-state index contributed by atoms with van der Waals surface area (Å²) in [7, 11) is 0. The summed E-state index contributed by atoms with van der Waals surface area (Å²) in [5.41, 5.74) is 3.00. The fourth-order valence-electron chi connectivity index (χ4n) is 2.28. The second-order valence-corrected chi connectivity index (χ2v) is 5.07. The zero-order valence-electron chi connectivity index (χ0n) is 12.3. The van der Waals surface area contributed by atoms with E-state index in [1.165, 1.54) is 18.3 Å². The van der Waals surface area contributed by atoms with Gasteiger partial charge in [0.1, 0.15) is 0 Å². The average molecular weight is 331 g/mol. The molecular weight excluding hydrogens is 319 g/mol. The van der Waals surface area contributed by atoms with Crippen molar-refractivity contribution in [3.05, 3.63) is 71.4 Å². The number of carbonyl (C=O) groups is 1. The van der Waals surface area contributed by atoms with E-state index in [0.29, 0.717) is 5.56 Å². The number of fused-ring (bicyclic) bond motifs is 1. The van der Waals surface area contributed by atoms with Crippen molar-refractivity contribution < 1.29 is 18.0 Å². The predicted molar refractivity (Wildman–Crippen MR) is 84.8 cm³/mol. The Balaban J connectivity index is 1.73. The molecule has 3 rings (SSSR count). The Kier molecular flexibility index (Phi) is 4.07. The van der Waals surface area contributed by atoms with Gasteiger partial charge < -0.3 is 4.98 Å². The van der Waals surface area contributed by atoms with Crippen molar-refractivity contribution in [2.24, 2.45) is 5.10 Å². The molecule has 0 aliphatic heterocycles. The standard InChI is InChI=1S/C17H12F3N3O/c18-17(19,20)12-5-3-4-11(8-12)9-22-23-16(24)14-10-21-15-7-2-1-6-13(14)15/h1-10,21H,(H,23,24)/b22-9+. The number of aromatic nitrogens is 1. The second kappa shape index (κ2) is 6.19. The predicted octanol–water partition coefficient (Wildman–Crippen LogP) is 3.95. The summed E-state index contributed by atoms with van der Waals surface area (Å²) < 4.78 is 37.9. The molecule has 1 heterocycles. The monoisotopic (exact) mass is 331 g/mol. The third kappa shape index (κ3) is 3.29. The van der Waals surface area contributed by atoms with Crippen LogP contribution in [0.2, 0.25) is 0 Å². The van der Waals surface area contributed by atoms with Crippen LogP contribution in [-0.2, 0) is 6.18 Å². The molecule has 4 nitrogen and oxygen atoms in total. The van der Waals surface area contributed by atoms with Crippen LogP contribution < -0.4 is 5.43 Å². The molecule has 1 aromatic heterocycles. The summed E-state index contributed by atoms with van der Waals surface area (Å²) in [5.74, 6) is -0.448. The number of carbonyl (C=O) groups excluding carboxylic acids is 1. The van der Waals surface area contributed by atoms with Crippen molar-refractivity contribution in [1.82, 2.24) is 10.4 Å². The van der Waals surface area contributed by atoms with Gasteiger partial charge in [0.05, 0.1) is 17.3 Å². The Morgan fingerprint density at radius 2 is 1.92 bits per heavy atom. The molecule has 2 aromatic carbocycles. The molecule has 0 fully saturated rings.